The highest BCUT2D eigenvalue weighted by Gasteiger charge is 2.18. The molecule has 0 saturated heterocycles. The molecule has 1 aromatic heterocycles. The van der Waals surface area contributed by atoms with Gasteiger partial charge >= 0.3 is 0 Å². The van der Waals surface area contributed by atoms with Crippen molar-refractivity contribution in [2.24, 2.45) is 7.05 Å². The normalized spacial score (nSPS) is 12.6. The number of rotatable bonds is 3. The Bertz CT molecular complexity index is 555. The van der Waals surface area contributed by atoms with Crippen LogP contribution in [0.3, 0.4) is 0 Å². The van der Waals surface area contributed by atoms with Gasteiger partial charge in [0.1, 0.15) is 0 Å². The first-order chi connectivity index (χ1) is 8.13. The Kier molecular flexibility index (Phi) is 3.28. The third kappa shape index (κ3) is 2.24. The number of imidazole rings is 1. The van der Waals surface area contributed by atoms with Crippen LogP contribution in [0, 0.1) is 0 Å². The molecule has 1 amide bonds. The lowest BCUT2D eigenvalue weighted by Gasteiger charge is -2.06. The maximum Gasteiger partial charge on any atom is 0.262 e. The number of carbonyl (C=O) groups excluding carboxylic acids is 1. The third-order valence-corrected chi connectivity index (χ3v) is 2.71. The van der Waals surface area contributed by atoms with Gasteiger partial charge in [-0.25, -0.2) is 9.37 Å². The Hall–Kier alpha value is -1.62. The van der Waals surface area contributed by atoms with Crippen molar-refractivity contribution in [2.75, 3.05) is 11.2 Å². The first-order valence-corrected chi connectivity index (χ1v) is 5.59. The van der Waals surface area contributed by atoms with E-state index in [-0.39, 0.29) is 5.88 Å². The van der Waals surface area contributed by atoms with E-state index in [1.165, 1.54) is 0 Å². The fourth-order valence-corrected chi connectivity index (χ4v) is 1.66. The van der Waals surface area contributed by atoms with Crippen LogP contribution in [0.1, 0.15) is 0 Å². The molecule has 1 aromatic carbocycles. The Labute approximate surface area is 102 Å². The Balaban J connectivity index is 2.30. The van der Waals surface area contributed by atoms with Gasteiger partial charge in [0.15, 0.2) is 6.17 Å². The summed E-state index contributed by atoms with van der Waals surface area (Å²) in [4.78, 5) is 15.5. The van der Waals surface area contributed by atoms with E-state index in [2.05, 4.69) is 10.3 Å². The van der Waals surface area contributed by atoms with Crippen molar-refractivity contribution >= 4 is 34.5 Å². The van der Waals surface area contributed by atoms with E-state index in [1.54, 1.807) is 11.6 Å². The summed E-state index contributed by atoms with van der Waals surface area (Å²) in [5, 5.41) is 2.40. The molecule has 17 heavy (non-hydrogen) atoms. The van der Waals surface area contributed by atoms with Gasteiger partial charge in [0.05, 0.1) is 16.9 Å². The van der Waals surface area contributed by atoms with Gasteiger partial charge in [-0.05, 0) is 12.1 Å². The van der Waals surface area contributed by atoms with E-state index in [4.69, 9.17) is 11.6 Å². The molecule has 0 aliphatic carbocycles. The van der Waals surface area contributed by atoms with E-state index in [1.807, 2.05) is 24.3 Å². The number of amides is 1. The highest BCUT2D eigenvalue weighted by atomic mass is 35.5. The van der Waals surface area contributed by atoms with Gasteiger partial charge in [-0.3, -0.25) is 10.1 Å². The minimum atomic E-state index is -1.73. The SMILES string of the molecule is Cn1c(NC(=O)[C@H](F)CCl)nc2ccccc21. The second kappa shape index (κ2) is 4.71. The van der Waals surface area contributed by atoms with Crippen molar-refractivity contribution in [3.8, 4) is 0 Å². The van der Waals surface area contributed by atoms with Crippen LogP contribution in [-0.2, 0) is 11.8 Å². The van der Waals surface area contributed by atoms with Crippen LogP contribution in [0.15, 0.2) is 24.3 Å². The molecule has 0 radical (unpaired) electrons. The summed E-state index contributed by atoms with van der Waals surface area (Å²) >= 11 is 5.27. The summed E-state index contributed by atoms with van der Waals surface area (Å²) in [5.41, 5.74) is 1.61. The molecular weight excluding hydrogens is 245 g/mol. The van der Waals surface area contributed by atoms with Crippen molar-refractivity contribution in [3.05, 3.63) is 24.3 Å². The molecule has 2 aromatic rings. The molecular formula is C11H11ClFN3O. The minimum absolute atomic E-state index is 0.309. The average Bonchev–Trinajstić information content (AvgIpc) is 2.66. The number of halogens is 2. The number of hydrogen-bond acceptors (Lipinski definition) is 2. The zero-order valence-electron chi connectivity index (χ0n) is 9.15. The van der Waals surface area contributed by atoms with Gasteiger partial charge < -0.3 is 4.57 Å². The number of anilines is 1. The number of alkyl halides is 2. The second-order valence-electron chi connectivity index (χ2n) is 3.59. The number of aromatic nitrogens is 2. The Morgan fingerprint density at radius 1 is 1.59 bits per heavy atom. The fourth-order valence-electron chi connectivity index (χ4n) is 1.52. The monoisotopic (exact) mass is 255 g/mol. The standard InChI is InChI=1S/C11H11ClFN3O/c1-16-9-5-3-2-4-8(9)14-11(16)15-10(17)7(13)6-12/h2-5,7H,6H2,1H3,(H,14,15,17)/t7-/m1/s1. The van der Waals surface area contributed by atoms with E-state index in [0.717, 1.165) is 11.0 Å². The number of benzene rings is 1. The summed E-state index contributed by atoms with van der Waals surface area (Å²) in [6.07, 6.45) is -1.73. The topological polar surface area (TPSA) is 46.9 Å². The lowest BCUT2D eigenvalue weighted by atomic mass is 10.3. The van der Waals surface area contributed by atoms with Gasteiger partial charge in [0.2, 0.25) is 5.95 Å². The molecule has 6 heteroatoms. The number of hydrogen-bond donors (Lipinski definition) is 1. The molecule has 2 rings (SSSR count). The molecule has 0 aliphatic heterocycles. The van der Waals surface area contributed by atoms with Crippen molar-refractivity contribution in [1.29, 1.82) is 0 Å². The van der Waals surface area contributed by atoms with Gasteiger partial charge in [-0.2, -0.15) is 0 Å². The zero-order chi connectivity index (χ0) is 12.4. The van der Waals surface area contributed by atoms with E-state index < -0.39 is 12.1 Å². The highest BCUT2D eigenvalue weighted by molar-refractivity contribution is 6.20. The fraction of sp³-hybridized carbons (Fsp3) is 0.273. The maximum atomic E-state index is 13.0. The number of nitrogens with one attached hydrogen (secondary N) is 1. The number of para-hydroxylation sites is 2. The van der Waals surface area contributed by atoms with Gasteiger partial charge in [0, 0.05) is 7.05 Å². The third-order valence-electron chi connectivity index (χ3n) is 2.44. The molecule has 0 aliphatic rings. The first-order valence-electron chi connectivity index (χ1n) is 5.06. The Morgan fingerprint density at radius 2 is 2.29 bits per heavy atom. The predicted molar refractivity (Wildman–Crippen MR) is 65.0 cm³/mol. The van der Waals surface area contributed by atoms with E-state index >= 15 is 0 Å². The van der Waals surface area contributed by atoms with Gasteiger partial charge in [0.25, 0.3) is 5.91 Å². The van der Waals surface area contributed by atoms with Crippen molar-refractivity contribution < 1.29 is 9.18 Å². The smallest absolute Gasteiger partial charge is 0.262 e. The van der Waals surface area contributed by atoms with Crippen molar-refractivity contribution in [2.45, 2.75) is 6.17 Å². The molecule has 90 valence electrons. The minimum Gasteiger partial charge on any atom is -0.313 e. The van der Waals surface area contributed by atoms with Crippen LogP contribution in [0.25, 0.3) is 11.0 Å². The predicted octanol–water partition coefficient (Wildman–Crippen LogP) is 2.09. The van der Waals surface area contributed by atoms with E-state index in [9.17, 15) is 9.18 Å². The Morgan fingerprint density at radius 3 is 2.94 bits per heavy atom. The molecule has 0 saturated carbocycles. The largest absolute Gasteiger partial charge is 0.313 e. The van der Waals surface area contributed by atoms with Gasteiger partial charge in [-0.15, -0.1) is 11.6 Å². The molecule has 1 atom stereocenters. The lowest BCUT2D eigenvalue weighted by molar-refractivity contribution is -0.120. The molecule has 0 spiro atoms. The number of aryl methyl sites for hydroxylation is 1. The van der Waals surface area contributed by atoms with Crippen LogP contribution in [0.5, 0.6) is 0 Å². The summed E-state index contributed by atoms with van der Waals surface area (Å²) in [6.45, 7) is 0. The maximum absolute atomic E-state index is 13.0. The first kappa shape index (κ1) is 11.9. The van der Waals surface area contributed by atoms with E-state index in [0.29, 0.717) is 5.95 Å². The molecule has 0 fully saturated rings. The van der Waals surface area contributed by atoms with Crippen LogP contribution in [0.2, 0.25) is 0 Å². The lowest BCUT2D eigenvalue weighted by Crippen LogP contribution is -2.26. The van der Waals surface area contributed by atoms with Crippen molar-refractivity contribution in [3.63, 3.8) is 0 Å². The molecule has 0 bridgehead atoms. The number of fused-ring (bicyclic) bond motifs is 1. The van der Waals surface area contributed by atoms with Gasteiger partial charge in [-0.1, -0.05) is 12.1 Å². The molecule has 1 N–H and O–H groups in total. The van der Waals surface area contributed by atoms with Crippen LogP contribution >= 0.6 is 11.6 Å². The highest BCUT2D eigenvalue weighted by Crippen LogP contribution is 2.17. The summed E-state index contributed by atoms with van der Waals surface area (Å²) in [6, 6.07) is 7.40. The molecule has 4 nitrogen and oxygen atoms in total. The molecule has 0 unspecified atom stereocenters. The molecule has 1 heterocycles. The van der Waals surface area contributed by atoms with Crippen LogP contribution < -0.4 is 5.32 Å². The second-order valence-corrected chi connectivity index (χ2v) is 3.90. The summed E-state index contributed by atoms with van der Waals surface area (Å²) in [5.74, 6) is -0.835. The average molecular weight is 256 g/mol. The summed E-state index contributed by atoms with van der Waals surface area (Å²) in [7, 11) is 1.75. The summed E-state index contributed by atoms with van der Waals surface area (Å²) < 4.78 is 14.7. The van der Waals surface area contributed by atoms with Crippen molar-refractivity contribution in [1.82, 2.24) is 9.55 Å². The zero-order valence-corrected chi connectivity index (χ0v) is 9.91. The number of nitrogens with zero attached hydrogens (tertiary/aromatic N) is 2. The van der Waals surface area contributed by atoms with Crippen LogP contribution in [-0.4, -0.2) is 27.5 Å². The quantitative estimate of drug-likeness (QED) is 0.854. The van der Waals surface area contributed by atoms with Crippen LogP contribution in [0.4, 0.5) is 10.3 Å². The number of carbonyl (C=O) groups is 1.